The molecule has 2 aromatic rings. The van der Waals surface area contributed by atoms with Gasteiger partial charge in [-0.2, -0.15) is 0 Å². The Kier molecular flexibility index (Phi) is 7.06. The molecule has 4 rings (SSSR count). The van der Waals surface area contributed by atoms with Crippen LogP contribution in [0.25, 0.3) is 0 Å². The summed E-state index contributed by atoms with van der Waals surface area (Å²) in [5.41, 5.74) is 0. The van der Waals surface area contributed by atoms with E-state index in [2.05, 4.69) is 0 Å². The molecule has 0 aliphatic carbocycles. The lowest BCUT2D eigenvalue weighted by atomic mass is 10.3. The topological polar surface area (TPSA) is 25.1 Å². The predicted octanol–water partition coefficient (Wildman–Crippen LogP) is 7.43. The van der Waals surface area contributed by atoms with Crippen molar-refractivity contribution in [2.45, 2.75) is 31.8 Å². The Morgan fingerprint density at radius 1 is 0.704 bits per heavy atom. The Labute approximate surface area is 190 Å². The molecular formula is C18H14Cl4O2S3. The Morgan fingerprint density at radius 3 is 1.33 bits per heavy atom. The van der Waals surface area contributed by atoms with Crippen LogP contribution in [0.4, 0.5) is 0 Å². The Balaban J connectivity index is 1.47. The Morgan fingerprint density at radius 2 is 1.04 bits per heavy atom. The highest BCUT2D eigenvalue weighted by molar-refractivity contribution is 8.00. The van der Waals surface area contributed by atoms with E-state index < -0.39 is 0 Å². The molecule has 0 spiro atoms. The first-order valence-electron chi connectivity index (χ1n) is 8.14. The number of benzene rings is 2. The van der Waals surface area contributed by atoms with Gasteiger partial charge in [0, 0.05) is 31.1 Å². The summed E-state index contributed by atoms with van der Waals surface area (Å²) < 4.78 is 10.5. The number of ether oxygens (including phenoxy) is 2. The predicted molar refractivity (Wildman–Crippen MR) is 118 cm³/mol. The van der Waals surface area contributed by atoms with Crippen LogP contribution in [0.2, 0.25) is 20.1 Å². The first-order valence-corrected chi connectivity index (χ1v) is 12.4. The van der Waals surface area contributed by atoms with Crippen molar-refractivity contribution < 1.29 is 9.47 Å². The standard InChI is InChI=1S/C18H14Cl4O2S3/c19-13-1-11(2-14(20)17(13)25-7-9-5-23-9)27-12-3-15(21)18(16(22)4-12)26-8-10-6-24-10/h1-4,9-10H,5-8H2. The van der Waals surface area contributed by atoms with E-state index in [1.165, 1.54) is 11.8 Å². The van der Waals surface area contributed by atoms with Crippen molar-refractivity contribution in [3.05, 3.63) is 44.4 Å². The monoisotopic (exact) mass is 498 g/mol. The molecular weight excluding hydrogens is 486 g/mol. The number of hydrogen-bond donors (Lipinski definition) is 0. The normalized spacial score (nSPS) is 20.7. The van der Waals surface area contributed by atoms with Crippen LogP contribution in [0.3, 0.4) is 0 Å². The summed E-state index contributed by atoms with van der Waals surface area (Å²) in [4.78, 5) is 3.67. The van der Waals surface area contributed by atoms with Gasteiger partial charge in [0.25, 0.3) is 0 Å². The summed E-state index contributed by atoms with van der Waals surface area (Å²) in [6, 6.07) is 7.68. The third kappa shape index (κ3) is 5.80. The van der Waals surface area contributed by atoms with Gasteiger partial charge in [-0.3, -0.25) is 0 Å². The third-order valence-corrected chi connectivity index (χ3v) is 8.93. The Hall–Kier alpha value is 0.570. The molecule has 9 heteroatoms. The van der Waals surface area contributed by atoms with Crippen molar-refractivity contribution >= 4 is 81.7 Å². The molecule has 2 atom stereocenters. The third-order valence-electron chi connectivity index (χ3n) is 3.81. The molecule has 2 heterocycles. The quantitative estimate of drug-likeness (QED) is 0.277. The summed E-state index contributed by atoms with van der Waals surface area (Å²) in [5.74, 6) is 1.73. The Bertz CT molecular complexity index is 741. The van der Waals surface area contributed by atoms with Gasteiger partial charge in [-0.05, 0) is 24.3 Å². The van der Waals surface area contributed by atoms with E-state index in [0.717, 1.165) is 44.3 Å². The fourth-order valence-corrected chi connectivity index (χ4v) is 7.03. The molecule has 144 valence electrons. The maximum atomic E-state index is 6.44. The van der Waals surface area contributed by atoms with Gasteiger partial charge >= 0.3 is 0 Å². The number of rotatable bonds is 8. The van der Waals surface area contributed by atoms with Crippen LogP contribution < -0.4 is 0 Å². The van der Waals surface area contributed by atoms with Crippen LogP contribution in [-0.2, 0) is 9.47 Å². The van der Waals surface area contributed by atoms with Gasteiger partial charge in [0.15, 0.2) is 0 Å². The van der Waals surface area contributed by atoms with Crippen molar-refractivity contribution in [2.75, 3.05) is 24.7 Å². The van der Waals surface area contributed by atoms with Gasteiger partial charge in [-0.25, -0.2) is 0 Å². The zero-order valence-electron chi connectivity index (χ0n) is 13.8. The fourth-order valence-electron chi connectivity index (χ4n) is 2.28. The average molecular weight is 500 g/mol. The van der Waals surface area contributed by atoms with Crippen molar-refractivity contribution in [2.24, 2.45) is 0 Å². The first kappa shape index (κ1) is 20.8. The molecule has 0 aromatic heterocycles. The van der Waals surface area contributed by atoms with Crippen molar-refractivity contribution in [3.8, 4) is 0 Å². The van der Waals surface area contributed by atoms with Crippen LogP contribution >= 0.6 is 81.7 Å². The second kappa shape index (κ2) is 9.15. The average Bonchev–Trinajstić information content (AvgIpc) is 3.48. The summed E-state index contributed by atoms with van der Waals surface area (Å²) in [7, 11) is 0. The highest BCUT2D eigenvalue weighted by atomic mass is 35.5. The number of halogens is 4. The van der Waals surface area contributed by atoms with Crippen molar-refractivity contribution in [3.63, 3.8) is 0 Å². The van der Waals surface area contributed by atoms with Crippen LogP contribution in [0.1, 0.15) is 0 Å². The number of epoxide rings is 2. The van der Waals surface area contributed by atoms with Crippen LogP contribution in [0.5, 0.6) is 0 Å². The van der Waals surface area contributed by atoms with Gasteiger partial charge in [0.2, 0.25) is 0 Å². The smallest absolute Gasteiger partial charge is 0.0903 e. The molecule has 2 unspecified atom stereocenters. The lowest BCUT2D eigenvalue weighted by molar-refractivity contribution is 0.426. The van der Waals surface area contributed by atoms with Crippen LogP contribution in [-0.4, -0.2) is 36.9 Å². The van der Waals surface area contributed by atoms with Crippen molar-refractivity contribution in [1.82, 2.24) is 0 Å². The summed E-state index contributed by atoms with van der Waals surface area (Å²) in [6.07, 6.45) is 0.645. The molecule has 2 saturated heterocycles. The highest BCUT2D eigenvalue weighted by Gasteiger charge is 2.24. The van der Waals surface area contributed by atoms with Gasteiger partial charge in [0.05, 0.1) is 45.5 Å². The molecule has 0 bridgehead atoms. The molecule has 0 amide bonds. The van der Waals surface area contributed by atoms with E-state index in [4.69, 9.17) is 55.9 Å². The van der Waals surface area contributed by atoms with E-state index in [-0.39, 0.29) is 0 Å². The molecule has 0 radical (unpaired) electrons. The molecule has 2 aliphatic heterocycles. The van der Waals surface area contributed by atoms with E-state index in [0.29, 0.717) is 32.3 Å². The first-order chi connectivity index (χ1) is 13.0. The minimum absolute atomic E-state index is 0.323. The van der Waals surface area contributed by atoms with Gasteiger partial charge in [0.1, 0.15) is 0 Å². The molecule has 27 heavy (non-hydrogen) atoms. The second-order valence-corrected chi connectivity index (χ2v) is 10.9. The van der Waals surface area contributed by atoms with Crippen LogP contribution in [0, 0.1) is 0 Å². The summed E-state index contributed by atoms with van der Waals surface area (Å²) in [5, 5.41) is 2.57. The number of thioether (sulfide) groups is 2. The molecule has 2 nitrogen and oxygen atoms in total. The van der Waals surface area contributed by atoms with Crippen LogP contribution in [0.15, 0.2) is 43.8 Å². The van der Waals surface area contributed by atoms with Crippen molar-refractivity contribution in [1.29, 1.82) is 0 Å². The zero-order chi connectivity index (χ0) is 19.0. The molecule has 0 N–H and O–H groups in total. The second-order valence-electron chi connectivity index (χ2n) is 6.07. The lowest BCUT2D eigenvalue weighted by Gasteiger charge is -2.11. The summed E-state index contributed by atoms with van der Waals surface area (Å²) in [6.45, 7) is 1.64. The van der Waals surface area contributed by atoms with Gasteiger partial charge in [-0.15, -0.1) is 23.5 Å². The maximum Gasteiger partial charge on any atom is 0.0903 e. The number of hydrogen-bond acceptors (Lipinski definition) is 5. The molecule has 2 fully saturated rings. The molecule has 0 saturated carbocycles. The fraction of sp³-hybridized carbons (Fsp3) is 0.333. The largest absolute Gasteiger partial charge is 0.372 e. The summed E-state index contributed by atoms with van der Waals surface area (Å²) >= 11 is 30.6. The molecule has 2 aromatic carbocycles. The van der Waals surface area contributed by atoms with E-state index >= 15 is 0 Å². The van der Waals surface area contributed by atoms with Gasteiger partial charge < -0.3 is 9.47 Å². The van der Waals surface area contributed by atoms with E-state index in [9.17, 15) is 0 Å². The lowest BCUT2D eigenvalue weighted by Crippen LogP contribution is -1.91. The molecule has 2 aliphatic rings. The zero-order valence-corrected chi connectivity index (χ0v) is 19.3. The maximum absolute atomic E-state index is 6.44. The van der Waals surface area contributed by atoms with E-state index in [1.54, 1.807) is 23.5 Å². The van der Waals surface area contributed by atoms with E-state index in [1.807, 2.05) is 24.3 Å². The minimum Gasteiger partial charge on any atom is -0.372 e. The minimum atomic E-state index is 0.323. The van der Waals surface area contributed by atoms with Gasteiger partial charge in [-0.1, -0.05) is 58.2 Å². The highest BCUT2D eigenvalue weighted by Crippen LogP contribution is 2.43. The SMILES string of the molecule is Clc1cc(Sc2cc(Cl)c(SCC3CO3)c(Cl)c2)cc(Cl)c1SCC1CO1.